The number of oxime groups is 1. The van der Waals surface area contributed by atoms with Gasteiger partial charge >= 0.3 is 0 Å². The first-order chi connectivity index (χ1) is 6.11. The van der Waals surface area contributed by atoms with Gasteiger partial charge in [-0.3, -0.25) is 14.9 Å². The monoisotopic (exact) mass is 183 g/mol. The van der Waals surface area contributed by atoms with Crippen LogP contribution in [0, 0.1) is 11.3 Å². The van der Waals surface area contributed by atoms with E-state index < -0.39 is 17.7 Å². The number of rotatable bonds is 1. The molecular formula is C7H9N3O3. The normalized spacial score (nSPS) is 26.4. The standard InChI is InChI=1S/C7H9N3O3/c1-2-3-4(8)5(10-13)7(12)9-6(3)11/h3,8,13H,2H2,1H3,(H,9,11,12)/b8-4?,10-5-. The number of hydrogen-bond donors (Lipinski definition) is 3. The third-order valence-electron chi connectivity index (χ3n) is 1.88. The van der Waals surface area contributed by atoms with Gasteiger partial charge in [-0.25, -0.2) is 0 Å². The smallest absolute Gasteiger partial charge is 0.281 e. The molecule has 6 nitrogen and oxygen atoms in total. The highest BCUT2D eigenvalue weighted by Gasteiger charge is 2.36. The van der Waals surface area contributed by atoms with Crippen molar-refractivity contribution in [2.75, 3.05) is 0 Å². The number of hydrogen-bond acceptors (Lipinski definition) is 5. The molecule has 1 heterocycles. The zero-order valence-electron chi connectivity index (χ0n) is 7.00. The molecule has 0 aromatic carbocycles. The number of nitrogens with zero attached hydrogens (tertiary/aromatic N) is 1. The molecule has 1 fully saturated rings. The van der Waals surface area contributed by atoms with Crippen LogP contribution in [0.1, 0.15) is 13.3 Å². The summed E-state index contributed by atoms with van der Waals surface area (Å²) in [7, 11) is 0. The van der Waals surface area contributed by atoms with E-state index in [4.69, 9.17) is 10.6 Å². The minimum absolute atomic E-state index is 0.223. The minimum Gasteiger partial charge on any atom is -0.410 e. The van der Waals surface area contributed by atoms with Crippen molar-refractivity contribution in [1.29, 1.82) is 5.41 Å². The van der Waals surface area contributed by atoms with Crippen LogP contribution < -0.4 is 5.32 Å². The fourth-order valence-electron chi connectivity index (χ4n) is 1.17. The molecule has 3 N–H and O–H groups in total. The molecule has 0 aromatic heterocycles. The number of carbonyl (C=O) groups is 2. The van der Waals surface area contributed by atoms with Gasteiger partial charge in [0, 0.05) is 0 Å². The van der Waals surface area contributed by atoms with Crippen LogP contribution in [0.15, 0.2) is 5.16 Å². The first-order valence-corrected chi connectivity index (χ1v) is 3.77. The summed E-state index contributed by atoms with van der Waals surface area (Å²) in [5.41, 5.74) is -0.606. The lowest BCUT2D eigenvalue weighted by molar-refractivity contribution is -0.129. The van der Waals surface area contributed by atoms with E-state index in [-0.39, 0.29) is 11.4 Å². The summed E-state index contributed by atoms with van der Waals surface area (Å²) >= 11 is 0. The predicted molar refractivity (Wildman–Crippen MR) is 43.9 cm³/mol. The Hall–Kier alpha value is -1.72. The third kappa shape index (κ3) is 1.42. The highest BCUT2D eigenvalue weighted by molar-refractivity contribution is 6.70. The molecule has 13 heavy (non-hydrogen) atoms. The maximum Gasteiger partial charge on any atom is 0.281 e. The Labute approximate surface area is 74.1 Å². The molecule has 1 atom stereocenters. The Morgan fingerprint density at radius 3 is 2.69 bits per heavy atom. The molecule has 0 radical (unpaired) electrons. The lowest BCUT2D eigenvalue weighted by atomic mass is 9.92. The summed E-state index contributed by atoms with van der Waals surface area (Å²) in [6.07, 6.45) is 0.400. The largest absolute Gasteiger partial charge is 0.410 e. The zero-order valence-corrected chi connectivity index (χ0v) is 7.00. The van der Waals surface area contributed by atoms with Crippen molar-refractivity contribution in [1.82, 2.24) is 5.32 Å². The van der Waals surface area contributed by atoms with Crippen LogP contribution in [-0.4, -0.2) is 28.4 Å². The highest BCUT2D eigenvalue weighted by Crippen LogP contribution is 2.10. The van der Waals surface area contributed by atoms with Crippen molar-refractivity contribution in [3.63, 3.8) is 0 Å². The second kappa shape index (κ2) is 3.34. The number of imide groups is 1. The van der Waals surface area contributed by atoms with Crippen molar-refractivity contribution >= 4 is 23.2 Å². The van der Waals surface area contributed by atoms with E-state index in [0.717, 1.165) is 0 Å². The summed E-state index contributed by atoms with van der Waals surface area (Å²) < 4.78 is 0. The quantitative estimate of drug-likeness (QED) is 0.290. The molecule has 1 saturated heterocycles. The van der Waals surface area contributed by atoms with Crippen molar-refractivity contribution in [2.24, 2.45) is 11.1 Å². The van der Waals surface area contributed by atoms with Crippen LogP contribution >= 0.6 is 0 Å². The maximum atomic E-state index is 11.1. The fourth-order valence-corrected chi connectivity index (χ4v) is 1.17. The van der Waals surface area contributed by atoms with Crippen LogP contribution in [0.4, 0.5) is 0 Å². The molecule has 0 spiro atoms. The van der Waals surface area contributed by atoms with E-state index >= 15 is 0 Å². The SMILES string of the molecule is CCC1C(=N)/C(=N/O)C(=O)NC1=O. The number of piperidine rings is 1. The Bertz CT molecular complexity index is 308. The second-order valence-corrected chi connectivity index (χ2v) is 2.64. The van der Waals surface area contributed by atoms with Crippen molar-refractivity contribution in [3.05, 3.63) is 0 Å². The van der Waals surface area contributed by atoms with Crippen molar-refractivity contribution < 1.29 is 14.8 Å². The van der Waals surface area contributed by atoms with Gasteiger partial charge in [0.2, 0.25) is 5.91 Å². The van der Waals surface area contributed by atoms with Gasteiger partial charge in [0.05, 0.1) is 11.6 Å². The van der Waals surface area contributed by atoms with Gasteiger partial charge in [0.15, 0.2) is 5.71 Å². The van der Waals surface area contributed by atoms with Gasteiger partial charge < -0.3 is 10.6 Å². The summed E-state index contributed by atoms with van der Waals surface area (Å²) in [6.45, 7) is 1.71. The van der Waals surface area contributed by atoms with E-state index in [0.29, 0.717) is 6.42 Å². The van der Waals surface area contributed by atoms with Crippen molar-refractivity contribution in [3.8, 4) is 0 Å². The summed E-state index contributed by atoms with van der Waals surface area (Å²) in [6, 6.07) is 0. The average Bonchev–Trinajstić information content (AvgIpc) is 2.04. The van der Waals surface area contributed by atoms with Gasteiger partial charge in [-0.2, -0.15) is 0 Å². The van der Waals surface area contributed by atoms with Gasteiger partial charge in [-0.05, 0) is 6.42 Å². The minimum atomic E-state index is -0.817. The molecule has 0 bridgehead atoms. The van der Waals surface area contributed by atoms with Crippen LogP contribution in [0.5, 0.6) is 0 Å². The van der Waals surface area contributed by atoms with Gasteiger partial charge in [0.25, 0.3) is 5.91 Å². The first-order valence-electron chi connectivity index (χ1n) is 3.77. The van der Waals surface area contributed by atoms with Crippen LogP contribution in [-0.2, 0) is 9.59 Å². The molecular weight excluding hydrogens is 174 g/mol. The molecule has 1 aliphatic rings. The van der Waals surface area contributed by atoms with E-state index in [1.54, 1.807) is 6.92 Å². The van der Waals surface area contributed by atoms with E-state index in [9.17, 15) is 9.59 Å². The number of carbonyl (C=O) groups excluding carboxylic acids is 2. The zero-order chi connectivity index (χ0) is 10.0. The molecule has 1 unspecified atom stereocenters. The lowest BCUT2D eigenvalue weighted by Gasteiger charge is -2.20. The fraction of sp³-hybridized carbons (Fsp3) is 0.429. The molecule has 70 valence electrons. The van der Waals surface area contributed by atoms with Crippen LogP contribution in [0.25, 0.3) is 0 Å². The Balaban J connectivity index is 3.02. The summed E-state index contributed by atoms with van der Waals surface area (Å²) in [4.78, 5) is 22.0. The Morgan fingerprint density at radius 1 is 1.62 bits per heavy atom. The first kappa shape index (κ1) is 9.37. The van der Waals surface area contributed by atoms with Gasteiger partial charge in [-0.1, -0.05) is 12.1 Å². The lowest BCUT2D eigenvalue weighted by Crippen LogP contribution is -2.52. The number of amides is 2. The molecule has 0 aliphatic carbocycles. The van der Waals surface area contributed by atoms with E-state index in [1.807, 2.05) is 5.32 Å². The van der Waals surface area contributed by atoms with Gasteiger partial charge in [-0.15, -0.1) is 0 Å². The predicted octanol–water partition coefficient (Wildman–Crippen LogP) is -0.481. The van der Waals surface area contributed by atoms with Crippen molar-refractivity contribution in [2.45, 2.75) is 13.3 Å². The van der Waals surface area contributed by atoms with E-state index in [2.05, 4.69) is 5.16 Å². The van der Waals surface area contributed by atoms with E-state index in [1.165, 1.54) is 0 Å². The molecule has 1 rings (SSSR count). The highest BCUT2D eigenvalue weighted by atomic mass is 16.4. The molecule has 6 heteroatoms. The van der Waals surface area contributed by atoms with Crippen LogP contribution in [0.2, 0.25) is 0 Å². The summed E-state index contributed by atoms with van der Waals surface area (Å²) in [5.74, 6) is -2.02. The molecule has 1 aliphatic heterocycles. The van der Waals surface area contributed by atoms with Crippen LogP contribution in [0.3, 0.4) is 0 Å². The summed E-state index contributed by atoms with van der Waals surface area (Å²) in [5, 5.41) is 20.5. The number of nitrogens with one attached hydrogen (secondary N) is 2. The Kier molecular flexibility index (Phi) is 2.41. The molecule has 0 saturated carbocycles. The molecule has 2 amide bonds. The Morgan fingerprint density at radius 2 is 2.23 bits per heavy atom. The maximum absolute atomic E-state index is 11.1. The average molecular weight is 183 g/mol. The molecule has 0 aromatic rings. The second-order valence-electron chi connectivity index (χ2n) is 2.64. The topological polar surface area (TPSA) is 103 Å². The van der Waals surface area contributed by atoms with Gasteiger partial charge in [0.1, 0.15) is 0 Å². The third-order valence-corrected chi connectivity index (χ3v) is 1.88.